The highest BCUT2D eigenvalue weighted by molar-refractivity contribution is 6.12. The first kappa shape index (κ1) is 23.3. The molecule has 0 aliphatic carbocycles. The Bertz CT molecular complexity index is 1430. The summed E-state index contributed by atoms with van der Waals surface area (Å²) in [5, 5.41) is 22.6. The quantitative estimate of drug-likeness (QED) is 0.255. The van der Waals surface area contributed by atoms with Gasteiger partial charge in [0.2, 0.25) is 0 Å². The summed E-state index contributed by atoms with van der Waals surface area (Å²) >= 11 is 4.49. The Morgan fingerprint density at radius 1 is 1.38 bits per heavy atom. The maximum Gasteiger partial charge on any atom is 0.343 e. The molecule has 0 spiro atoms. The number of carbonyl (C=O) groups excluding carboxylic acids is 2. The summed E-state index contributed by atoms with van der Waals surface area (Å²) in [6.45, 7) is 2.87. The van der Waals surface area contributed by atoms with Crippen molar-refractivity contribution in [3.05, 3.63) is 67.5 Å². The third-order valence-corrected chi connectivity index (χ3v) is 6.05. The van der Waals surface area contributed by atoms with Crippen LogP contribution >= 0.6 is 11.9 Å². The first-order chi connectivity index (χ1) is 16.1. The van der Waals surface area contributed by atoms with E-state index in [9.17, 15) is 29.6 Å². The van der Waals surface area contributed by atoms with E-state index in [0.717, 1.165) is 0 Å². The minimum absolute atomic E-state index is 0.0558. The molecule has 1 N–H and O–H groups in total. The van der Waals surface area contributed by atoms with Crippen molar-refractivity contribution >= 4 is 40.4 Å². The number of nitro groups is 1. The fourth-order valence-electron chi connectivity index (χ4n) is 4.15. The molecule has 11 nitrogen and oxygen atoms in total. The number of nitrogens with zero attached hydrogens (tertiary/aromatic N) is 3. The highest BCUT2D eigenvalue weighted by Gasteiger charge is 2.45. The van der Waals surface area contributed by atoms with E-state index in [2.05, 4.69) is 21.1 Å². The van der Waals surface area contributed by atoms with Crippen LogP contribution in [0.2, 0.25) is 0 Å². The lowest BCUT2D eigenvalue weighted by Gasteiger charge is -2.31. The van der Waals surface area contributed by atoms with Crippen molar-refractivity contribution in [1.29, 1.82) is 0 Å². The number of hydrogen-bond donors (Lipinski definition) is 1. The van der Waals surface area contributed by atoms with Crippen molar-refractivity contribution < 1.29 is 28.6 Å². The minimum Gasteiger partial charge on any atom is -0.458 e. The molecule has 0 fully saturated rings. The zero-order valence-corrected chi connectivity index (χ0v) is 18.8. The van der Waals surface area contributed by atoms with Gasteiger partial charge in [0, 0.05) is 24.1 Å². The van der Waals surface area contributed by atoms with E-state index in [-0.39, 0.29) is 41.9 Å². The van der Waals surface area contributed by atoms with Crippen molar-refractivity contribution in [3.63, 3.8) is 0 Å². The first-order valence-electron chi connectivity index (χ1n) is 10.2. The van der Waals surface area contributed by atoms with E-state index in [1.54, 1.807) is 31.2 Å². The predicted molar refractivity (Wildman–Crippen MR) is 119 cm³/mol. The van der Waals surface area contributed by atoms with Gasteiger partial charge in [0.15, 0.2) is 5.60 Å². The summed E-state index contributed by atoms with van der Waals surface area (Å²) in [4.78, 5) is 50.2. The fourth-order valence-corrected chi connectivity index (χ4v) is 4.15. The van der Waals surface area contributed by atoms with Crippen LogP contribution in [0, 0.1) is 10.1 Å². The highest BCUT2D eigenvalue weighted by atomic mass is 35.5. The van der Waals surface area contributed by atoms with Crippen LogP contribution in [0.3, 0.4) is 0 Å². The second-order valence-corrected chi connectivity index (χ2v) is 7.92. The van der Waals surface area contributed by atoms with Crippen molar-refractivity contribution in [2.75, 3.05) is 0 Å². The molecule has 176 valence electrons. The molecule has 12 heteroatoms. The first-order valence-corrected chi connectivity index (χ1v) is 10.5. The van der Waals surface area contributed by atoms with Crippen molar-refractivity contribution in [1.82, 2.24) is 9.55 Å². The second kappa shape index (κ2) is 8.50. The van der Waals surface area contributed by atoms with Gasteiger partial charge in [-0.05, 0) is 24.6 Å². The van der Waals surface area contributed by atoms with Gasteiger partial charge in [0.25, 0.3) is 11.2 Å². The molecule has 3 aromatic rings. The average Bonchev–Trinajstić information content (AvgIpc) is 3.18. The molecular weight excluding hydrogens is 470 g/mol. The van der Waals surface area contributed by atoms with Crippen LogP contribution in [-0.4, -0.2) is 31.5 Å². The zero-order valence-electron chi connectivity index (χ0n) is 18.0. The standard InChI is InChI=1S/C20H15N3O6.C2H3ClO2/c1-2-20(26)13-7-16-17-10(8-22(16)18(24)12(13)9-29-19(20)25)6-11-14(21-17)4-3-5-15(11)23(27)28;1-2(4)5-3/h3-7,26H,2,8-9H2,1H3;1H3. The third kappa shape index (κ3) is 3.58. The molecule has 1 unspecified atom stereocenters. The fraction of sp³-hybridized carbons (Fsp3) is 0.273. The monoisotopic (exact) mass is 487 g/mol. The van der Waals surface area contributed by atoms with Crippen LogP contribution in [0.1, 0.15) is 37.0 Å². The molecule has 4 heterocycles. The molecule has 34 heavy (non-hydrogen) atoms. The van der Waals surface area contributed by atoms with E-state index >= 15 is 0 Å². The van der Waals surface area contributed by atoms with Gasteiger partial charge >= 0.3 is 11.9 Å². The number of esters is 1. The number of aromatic nitrogens is 2. The molecule has 2 aliphatic rings. The molecule has 2 aliphatic heterocycles. The Balaban J connectivity index is 0.000000499. The van der Waals surface area contributed by atoms with Gasteiger partial charge in [-0.3, -0.25) is 19.7 Å². The van der Waals surface area contributed by atoms with Crippen LogP contribution < -0.4 is 5.56 Å². The van der Waals surface area contributed by atoms with Crippen LogP contribution in [0.4, 0.5) is 5.69 Å². The zero-order chi connectivity index (χ0) is 24.8. The molecular formula is C22H18ClN3O8. The van der Waals surface area contributed by atoms with Gasteiger partial charge in [-0.15, -0.1) is 0 Å². The Kier molecular flexibility index (Phi) is 5.84. The van der Waals surface area contributed by atoms with Gasteiger partial charge < -0.3 is 18.7 Å². The molecule has 0 saturated carbocycles. The predicted octanol–water partition coefficient (Wildman–Crippen LogP) is 2.69. The van der Waals surface area contributed by atoms with E-state index in [1.165, 1.54) is 17.6 Å². The molecule has 0 saturated heterocycles. The topological polar surface area (TPSA) is 151 Å². The lowest BCUT2D eigenvalue weighted by Crippen LogP contribution is -2.44. The number of rotatable bonds is 2. The molecule has 5 rings (SSSR count). The summed E-state index contributed by atoms with van der Waals surface area (Å²) in [5.41, 5.74) is 0.241. The van der Waals surface area contributed by atoms with E-state index in [1.807, 2.05) is 0 Å². The molecule has 1 aromatic carbocycles. The molecule has 1 atom stereocenters. The van der Waals surface area contributed by atoms with Gasteiger partial charge in [-0.1, -0.05) is 13.0 Å². The van der Waals surface area contributed by atoms with Crippen LogP contribution in [0.25, 0.3) is 22.3 Å². The number of non-ortho nitro benzene ring substituents is 1. The number of hydrogen-bond acceptors (Lipinski definition) is 9. The Morgan fingerprint density at radius 3 is 2.71 bits per heavy atom. The molecule has 0 radical (unpaired) electrons. The SMILES string of the molecule is CC(=O)OCl.CCC1(O)C(=O)OCc2c1cc1n(c2=O)Cc2cc3c([N+](=O)[O-])cccc3nc2-1. The number of aliphatic hydroxyl groups is 1. The van der Waals surface area contributed by atoms with Crippen molar-refractivity contribution in [3.8, 4) is 11.4 Å². The molecule has 0 amide bonds. The highest BCUT2D eigenvalue weighted by Crippen LogP contribution is 2.39. The second-order valence-electron chi connectivity index (χ2n) is 7.77. The minimum atomic E-state index is -1.89. The number of ether oxygens (including phenoxy) is 1. The maximum absolute atomic E-state index is 13.1. The Labute approximate surface area is 196 Å². The number of fused-ring (bicyclic) bond motifs is 5. The summed E-state index contributed by atoms with van der Waals surface area (Å²) < 4.78 is 10.1. The summed E-state index contributed by atoms with van der Waals surface area (Å²) in [5.74, 6) is -1.26. The van der Waals surface area contributed by atoms with Crippen molar-refractivity contribution in [2.24, 2.45) is 0 Å². The summed E-state index contributed by atoms with van der Waals surface area (Å²) in [6.07, 6.45) is 0.0614. The van der Waals surface area contributed by atoms with Gasteiger partial charge in [0.05, 0.1) is 39.3 Å². The lowest BCUT2D eigenvalue weighted by atomic mass is 9.86. The van der Waals surface area contributed by atoms with E-state index < -0.39 is 22.5 Å². The smallest absolute Gasteiger partial charge is 0.343 e. The number of pyridine rings is 2. The lowest BCUT2D eigenvalue weighted by molar-refractivity contribution is -0.383. The largest absolute Gasteiger partial charge is 0.458 e. The number of nitro benzene ring substituents is 1. The average molecular weight is 488 g/mol. The normalized spacial score (nSPS) is 17.6. The van der Waals surface area contributed by atoms with Crippen molar-refractivity contribution in [2.45, 2.75) is 39.0 Å². The van der Waals surface area contributed by atoms with E-state index in [4.69, 9.17) is 4.74 Å². The summed E-state index contributed by atoms with van der Waals surface area (Å²) in [6, 6.07) is 7.92. The summed E-state index contributed by atoms with van der Waals surface area (Å²) in [7, 11) is 0. The van der Waals surface area contributed by atoms with Gasteiger partial charge in [-0.2, -0.15) is 0 Å². The van der Waals surface area contributed by atoms with Crippen LogP contribution in [0.15, 0.2) is 35.1 Å². The van der Waals surface area contributed by atoms with Gasteiger partial charge in [-0.25, -0.2) is 9.78 Å². The number of benzene rings is 1. The Morgan fingerprint density at radius 2 is 2.09 bits per heavy atom. The van der Waals surface area contributed by atoms with E-state index in [0.29, 0.717) is 27.9 Å². The number of halogens is 1. The Hall–Kier alpha value is -3.83. The third-order valence-electron chi connectivity index (χ3n) is 5.83. The number of carbonyl (C=O) groups is 2. The number of cyclic esters (lactones) is 1. The molecule has 0 bridgehead atoms. The molecule has 2 aromatic heterocycles. The van der Waals surface area contributed by atoms with Gasteiger partial charge in [0.1, 0.15) is 18.5 Å². The van der Waals surface area contributed by atoms with Crippen LogP contribution in [0.5, 0.6) is 0 Å². The van der Waals surface area contributed by atoms with Crippen LogP contribution in [-0.2, 0) is 37.4 Å². The maximum atomic E-state index is 13.1.